The Morgan fingerprint density at radius 2 is 1.76 bits per heavy atom. The lowest BCUT2D eigenvalue weighted by Crippen LogP contribution is -2.31. The lowest BCUT2D eigenvalue weighted by atomic mass is 10.1. The molecule has 174 valence electrons. The highest BCUT2D eigenvalue weighted by Crippen LogP contribution is 2.33. The lowest BCUT2D eigenvalue weighted by molar-refractivity contribution is -0.122. The van der Waals surface area contributed by atoms with Crippen molar-refractivity contribution in [3.05, 3.63) is 86.5 Å². The van der Waals surface area contributed by atoms with Crippen LogP contribution in [0.5, 0.6) is 11.5 Å². The SMILES string of the molecule is COc1ccc(-c2oc3ccc(Cl)cc3c(=O)c2OC(C)C(=O)Nc2ccc(C)c(Cl)c2)cc1. The molecule has 3 aromatic carbocycles. The Morgan fingerprint density at radius 3 is 2.44 bits per heavy atom. The molecule has 0 aliphatic heterocycles. The summed E-state index contributed by atoms with van der Waals surface area (Å²) in [6, 6.07) is 16.9. The maximum Gasteiger partial charge on any atom is 0.265 e. The molecule has 4 aromatic rings. The quantitative estimate of drug-likeness (QED) is 0.329. The van der Waals surface area contributed by atoms with E-state index in [1.165, 1.54) is 6.07 Å². The zero-order valence-electron chi connectivity index (χ0n) is 18.6. The third kappa shape index (κ3) is 4.88. The number of nitrogens with one attached hydrogen (secondary N) is 1. The summed E-state index contributed by atoms with van der Waals surface area (Å²) in [5.74, 6) is 0.293. The van der Waals surface area contributed by atoms with Gasteiger partial charge in [0.05, 0.1) is 12.5 Å². The molecule has 8 heteroatoms. The third-order valence-electron chi connectivity index (χ3n) is 5.27. The molecule has 0 saturated carbocycles. The van der Waals surface area contributed by atoms with E-state index in [4.69, 9.17) is 37.1 Å². The van der Waals surface area contributed by atoms with Gasteiger partial charge < -0.3 is 19.2 Å². The summed E-state index contributed by atoms with van der Waals surface area (Å²) in [6.45, 7) is 3.41. The Balaban J connectivity index is 1.73. The highest BCUT2D eigenvalue weighted by molar-refractivity contribution is 6.31. The summed E-state index contributed by atoms with van der Waals surface area (Å²) in [4.78, 5) is 26.2. The summed E-state index contributed by atoms with van der Waals surface area (Å²) < 4.78 is 17.2. The van der Waals surface area contributed by atoms with Crippen molar-refractivity contribution in [3.8, 4) is 22.8 Å². The number of rotatable bonds is 6. The van der Waals surface area contributed by atoms with Crippen LogP contribution in [0.25, 0.3) is 22.3 Å². The first kappa shape index (κ1) is 23.7. The molecule has 0 radical (unpaired) electrons. The second-order valence-electron chi connectivity index (χ2n) is 7.67. The lowest BCUT2D eigenvalue weighted by Gasteiger charge is -2.17. The second-order valence-corrected chi connectivity index (χ2v) is 8.52. The van der Waals surface area contributed by atoms with Crippen LogP contribution in [-0.2, 0) is 4.79 Å². The fraction of sp³-hybridized carbons (Fsp3) is 0.154. The van der Waals surface area contributed by atoms with Gasteiger partial charge in [0, 0.05) is 21.3 Å². The Kier molecular flexibility index (Phi) is 6.82. The minimum Gasteiger partial charge on any atom is -0.497 e. The van der Waals surface area contributed by atoms with Gasteiger partial charge in [-0.25, -0.2) is 0 Å². The molecule has 1 heterocycles. The summed E-state index contributed by atoms with van der Waals surface area (Å²) in [6.07, 6.45) is -1.02. The average molecular weight is 498 g/mol. The van der Waals surface area contributed by atoms with Gasteiger partial charge in [0.15, 0.2) is 11.9 Å². The molecule has 0 saturated heterocycles. The molecule has 1 aromatic heterocycles. The number of fused-ring (bicyclic) bond motifs is 1. The molecule has 0 bridgehead atoms. The number of methoxy groups -OCH3 is 1. The predicted octanol–water partition coefficient (Wildman–Crippen LogP) is 6.49. The minimum absolute atomic E-state index is 0.0930. The van der Waals surface area contributed by atoms with Gasteiger partial charge in [0.2, 0.25) is 11.2 Å². The Morgan fingerprint density at radius 1 is 1.03 bits per heavy atom. The number of anilines is 1. The van der Waals surface area contributed by atoms with Gasteiger partial charge in [0.25, 0.3) is 5.91 Å². The van der Waals surface area contributed by atoms with Crippen molar-refractivity contribution in [1.29, 1.82) is 0 Å². The molecule has 1 amide bonds. The van der Waals surface area contributed by atoms with Crippen molar-refractivity contribution in [3.63, 3.8) is 0 Å². The van der Waals surface area contributed by atoms with Crippen LogP contribution >= 0.6 is 23.2 Å². The minimum atomic E-state index is -1.02. The number of benzene rings is 3. The van der Waals surface area contributed by atoms with Gasteiger partial charge in [-0.3, -0.25) is 9.59 Å². The van der Waals surface area contributed by atoms with Gasteiger partial charge >= 0.3 is 0 Å². The van der Waals surface area contributed by atoms with E-state index in [2.05, 4.69) is 5.32 Å². The molecule has 0 aliphatic carbocycles. The fourth-order valence-electron chi connectivity index (χ4n) is 3.33. The van der Waals surface area contributed by atoms with E-state index < -0.39 is 17.4 Å². The second kappa shape index (κ2) is 9.79. The van der Waals surface area contributed by atoms with Crippen molar-refractivity contribution in [1.82, 2.24) is 0 Å². The van der Waals surface area contributed by atoms with Gasteiger partial charge in [0.1, 0.15) is 11.3 Å². The van der Waals surface area contributed by atoms with Crippen molar-refractivity contribution in [2.45, 2.75) is 20.0 Å². The molecule has 0 fully saturated rings. The van der Waals surface area contributed by atoms with Gasteiger partial charge in [-0.15, -0.1) is 0 Å². The number of aryl methyl sites for hydroxylation is 1. The molecule has 0 aliphatic rings. The molecule has 0 spiro atoms. The maximum atomic E-state index is 13.4. The largest absolute Gasteiger partial charge is 0.497 e. The van der Waals surface area contributed by atoms with Gasteiger partial charge in [-0.05, 0) is 74.0 Å². The van der Waals surface area contributed by atoms with E-state index in [1.54, 1.807) is 68.6 Å². The number of carbonyl (C=O) groups is 1. The highest BCUT2D eigenvalue weighted by atomic mass is 35.5. The molecule has 34 heavy (non-hydrogen) atoms. The topological polar surface area (TPSA) is 77.8 Å². The molecule has 6 nitrogen and oxygen atoms in total. The number of halogens is 2. The molecular formula is C26H21Cl2NO5. The van der Waals surface area contributed by atoms with Crippen molar-refractivity contribution in [2.24, 2.45) is 0 Å². The van der Waals surface area contributed by atoms with Crippen LogP contribution in [0.15, 0.2) is 69.9 Å². The molecule has 1 unspecified atom stereocenters. The number of hydrogen-bond donors (Lipinski definition) is 1. The van der Waals surface area contributed by atoms with E-state index in [-0.39, 0.29) is 16.9 Å². The maximum absolute atomic E-state index is 13.4. The predicted molar refractivity (Wildman–Crippen MR) is 134 cm³/mol. The Hall–Kier alpha value is -3.48. The monoisotopic (exact) mass is 497 g/mol. The molecular weight excluding hydrogens is 477 g/mol. The smallest absolute Gasteiger partial charge is 0.265 e. The van der Waals surface area contributed by atoms with E-state index >= 15 is 0 Å². The van der Waals surface area contributed by atoms with Crippen LogP contribution in [0.3, 0.4) is 0 Å². The van der Waals surface area contributed by atoms with E-state index in [1.807, 2.05) is 6.92 Å². The number of hydrogen-bond acceptors (Lipinski definition) is 5. The van der Waals surface area contributed by atoms with E-state index in [0.29, 0.717) is 32.6 Å². The van der Waals surface area contributed by atoms with Crippen LogP contribution in [0, 0.1) is 6.92 Å². The standard InChI is InChI=1S/C26H21Cl2NO5/c1-14-4-8-18(13-21(14)28)29-26(31)15(2)33-25-23(30)20-12-17(27)7-11-22(20)34-24(25)16-5-9-19(32-3)10-6-16/h4-13,15H,1-3H3,(H,29,31). The first-order valence-electron chi connectivity index (χ1n) is 10.4. The van der Waals surface area contributed by atoms with Crippen LogP contribution in [-0.4, -0.2) is 19.1 Å². The Labute approximate surface area is 206 Å². The number of amides is 1. The normalized spacial score (nSPS) is 11.8. The van der Waals surface area contributed by atoms with Crippen molar-refractivity contribution in [2.75, 3.05) is 12.4 Å². The summed E-state index contributed by atoms with van der Waals surface area (Å²) in [5, 5.41) is 3.91. The molecule has 1 atom stereocenters. The van der Waals surface area contributed by atoms with Crippen molar-refractivity contribution >= 4 is 45.8 Å². The summed E-state index contributed by atoms with van der Waals surface area (Å²) in [7, 11) is 1.56. The Bertz CT molecular complexity index is 1430. The van der Waals surface area contributed by atoms with Gasteiger partial charge in [-0.1, -0.05) is 29.3 Å². The van der Waals surface area contributed by atoms with Gasteiger partial charge in [-0.2, -0.15) is 0 Å². The van der Waals surface area contributed by atoms with E-state index in [0.717, 1.165) is 5.56 Å². The fourth-order valence-corrected chi connectivity index (χ4v) is 3.69. The van der Waals surface area contributed by atoms with Crippen molar-refractivity contribution < 1.29 is 18.7 Å². The van der Waals surface area contributed by atoms with Crippen LogP contribution < -0.4 is 20.2 Å². The summed E-state index contributed by atoms with van der Waals surface area (Å²) >= 11 is 12.2. The van der Waals surface area contributed by atoms with Crippen LogP contribution in [0.4, 0.5) is 5.69 Å². The number of ether oxygens (including phenoxy) is 2. The third-order valence-corrected chi connectivity index (χ3v) is 5.91. The molecule has 1 N–H and O–H groups in total. The first-order chi connectivity index (χ1) is 16.3. The van der Waals surface area contributed by atoms with Crippen LogP contribution in [0.1, 0.15) is 12.5 Å². The highest BCUT2D eigenvalue weighted by Gasteiger charge is 2.23. The van der Waals surface area contributed by atoms with E-state index in [9.17, 15) is 9.59 Å². The number of carbonyl (C=O) groups excluding carboxylic acids is 1. The first-order valence-corrected chi connectivity index (χ1v) is 11.2. The average Bonchev–Trinajstić information content (AvgIpc) is 2.83. The molecule has 4 rings (SSSR count). The van der Waals surface area contributed by atoms with Crippen LogP contribution in [0.2, 0.25) is 10.0 Å². The summed E-state index contributed by atoms with van der Waals surface area (Å²) in [5.41, 5.74) is 1.90. The zero-order chi connectivity index (χ0) is 24.4. The zero-order valence-corrected chi connectivity index (χ0v) is 20.2.